The summed E-state index contributed by atoms with van der Waals surface area (Å²) in [5.74, 6) is -2.08. The lowest BCUT2D eigenvalue weighted by Crippen LogP contribution is -2.30. The first kappa shape index (κ1) is 116. The van der Waals surface area contributed by atoms with E-state index in [-0.39, 0.29) is 25.7 Å². The molecular formula is C99H194O17P2. The van der Waals surface area contributed by atoms with E-state index in [0.717, 1.165) is 89.9 Å². The number of carbonyl (C=O) groups is 4. The number of esters is 4. The molecule has 0 heterocycles. The van der Waals surface area contributed by atoms with Crippen LogP contribution in [0.1, 0.15) is 554 Å². The number of carbonyl (C=O) groups excluding carboxylic acids is 4. The van der Waals surface area contributed by atoms with Gasteiger partial charge in [-0.1, -0.05) is 503 Å². The second-order valence-corrected chi connectivity index (χ2v) is 38.4. The highest BCUT2D eigenvalue weighted by Crippen LogP contribution is 2.45. The van der Waals surface area contributed by atoms with Gasteiger partial charge in [0, 0.05) is 25.7 Å². The zero-order valence-electron chi connectivity index (χ0n) is 77.9. The number of unbranched alkanes of at least 4 members (excludes halogenated alkanes) is 74. The molecule has 0 aliphatic heterocycles. The maximum Gasteiger partial charge on any atom is 0.472 e. The van der Waals surface area contributed by atoms with E-state index >= 15 is 0 Å². The van der Waals surface area contributed by atoms with Crippen molar-refractivity contribution in [2.45, 2.75) is 573 Å². The summed E-state index contributed by atoms with van der Waals surface area (Å²) in [6.07, 6.45) is 93.5. The summed E-state index contributed by atoms with van der Waals surface area (Å²) in [7, 11) is -9.94. The van der Waals surface area contributed by atoms with Crippen LogP contribution in [0, 0.1) is 0 Å². The predicted octanol–water partition coefficient (Wildman–Crippen LogP) is 31.6. The number of phosphoric ester groups is 2. The van der Waals surface area contributed by atoms with Gasteiger partial charge in [0.15, 0.2) is 12.2 Å². The Morgan fingerprint density at radius 3 is 0.500 bits per heavy atom. The van der Waals surface area contributed by atoms with Crippen LogP contribution >= 0.6 is 15.6 Å². The van der Waals surface area contributed by atoms with Gasteiger partial charge in [-0.25, -0.2) is 9.13 Å². The van der Waals surface area contributed by atoms with Crippen molar-refractivity contribution in [3.8, 4) is 0 Å². The van der Waals surface area contributed by atoms with Crippen molar-refractivity contribution in [1.82, 2.24) is 0 Å². The number of aliphatic hydroxyl groups is 1. The molecule has 0 aliphatic carbocycles. The van der Waals surface area contributed by atoms with E-state index in [0.29, 0.717) is 25.7 Å². The fourth-order valence-electron chi connectivity index (χ4n) is 15.8. The lowest BCUT2D eigenvalue weighted by molar-refractivity contribution is -0.161. The minimum Gasteiger partial charge on any atom is -0.462 e. The van der Waals surface area contributed by atoms with Gasteiger partial charge in [-0.15, -0.1) is 0 Å². The first-order valence-electron chi connectivity index (χ1n) is 51.3. The number of ether oxygens (including phenoxy) is 4. The Balaban J connectivity index is 5.22. The Hall–Kier alpha value is -1.94. The van der Waals surface area contributed by atoms with Crippen LogP contribution in [0.25, 0.3) is 0 Å². The summed E-state index contributed by atoms with van der Waals surface area (Å²) >= 11 is 0. The molecule has 19 heteroatoms. The van der Waals surface area contributed by atoms with Crippen LogP contribution in [0.5, 0.6) is 0 Å². The van der Waals surface area contributed by atoms with E-state index in [4.69, 9.17) is 37.0 Å². The van der Waals surface area contributed by atoms with Crippen LogP contribution in [0.15, 0.2) is 0 Å². The maximum absolute atomic E-state index is 13.2. The van der Waals surface area contributed by atoms with Gasteiger partial charge in [0.2, 0.25) is 0 Å². The molecule has 0 aromatic rings. The second-order valence-electron chi connectivity index (χ2n) is 35.5. The van der Waals surface area contributed by atoms with Gasteiger partial charge in [-0.05, 0) is 25.7 Å². The molecule has 0 saturated carbocycles. The molecule has 0 saturated heterocycles. The molecule has 0 amide bonds. The van der Waals surface area contributed by atoms with Gasteiger partial charge >= 0.3 is 39.5 Å². The summed E-state index contributed by atoms with van der Waals surface area (Å²) < 4.78 is 69.3. The molecule has 0 spiro atoms. The predicted molar refractivity (Wildman–Crippen MR) is 492 cm³/mol. The quantitative estimate of drug-likeness (QED) is 0.0222. The first-order chi connectivity index (χ1) is 57.7. The van der Waals surface area contributed by atoms with Crippen molar-refractivity contribution in [3.63, 3.8) is 0 Å². The van der Waals surface area contributed by atoms with Gasteiger partial charge < -0.3 is 33.8 Å². The zero-order chi connectivity index (χ0) is 85.9. The fourth-order valence-corrected chi connectivity index (χ4v) is 17.4. The molecule has 0 rings (SSSR count). The lowest BCUT2D eigenvalue weighted by atomic mass is 10.0. The molecular weight excluding hydrogens is 1520 g/mol. The van der Waals surface area contributed by atoms with Crippen LogP contribution < -0.4 is 0 Å². The van der Waals surface area contributed by atoms with Crippen molar-refractivity contribution >= 4 is 39.5 Å². The molecule has 2 unspecified atom stereocenters. The first-order valence-corrected chi connectivity index (χ1v) is 54.3. The van der Waals surface area contributed by atoms with Crippen molar-refractivity contribution < 1.29 is 80.2 Å². The van der Waals surface area contributed by atoms with Crippen molar-refractivity contribution in [2.24, 2.45) is 0 Å². The van der Waals surface area contributed by atoms with Gasteiger partial charge in [-0.2, -0.15) is 0 Å². The smallest absolute Gasteiger partial charge is 0.462 e. The molecule has 17 nitrogen and oxygen atoms in total. The van der Waals surface area contributed by atoms with Crippen molar-refractivity contribution in [3.05, 3.63) is 0 Å². The summed E-state index contributed by atoms with van der Waals surface area (Å²) in [4.78, 5) is 73.7. The lowest BCUT2D eigenvalue weighted by Gasteiger charge is -2.21. The second kappa shape index (κ2) is 92.7. The van der Waals surface area contributed by atoms with E-state index in [1.165, 1.54) is 385 Å². The van der Waals surface area contributed by atoms with E-state index in [1.54, 1.807) is 0 Å². The number of rotatable bonds is 100. The Morgan fingerprint density at radius 2 is 0.339 bits per heavy atom. The van der Waals surface area contributed by atoms with Gasteiger partial charge in [0.25, 0.3) is 0 Å². The number of hydrogen-bond acceptors (Lipinski definition) is 15. The minimum atomic E-state index is -4.97. The standard InChI is InChI=1S/C99H194O17P2/c1-5-9-13-17-21-25-29-33-36-39-42-45-48-51-54-57-60-64-68-72-76-80-84-97(102)110-90-95(116-99(104)86-82-78-74-70-66-62-59-56-53-50-47-44-41-38-35-31-27-23-19-15-11-7-3)92-114-118(107,108)112-88-93(100)87-111-117(105,106)113-91-94(89-109-96(101)83-79-75-71-67-63-32-28-24-20-16-12-8-4)115-98(103)85-81-77-73-69-65-61-58-55-52-49-46-43-40-37-34-30-26-22-18-14-10-6-2/h93-95,100H,5-92H2,1-4H3,(H,105,106)(H,107,108)/t93-,94+,95+/m0/s1. The highest BCUT2D eigenvalue weighted by atomic mass is 31.2. The Bertz CT molecular complexity index is 2210. The Morgan fingerprint density at radius 1 is 0.203 bits per heavy atom. The highest BCUT2D eigenvalue weighted by molar-refractivity contribution is 7.47. The van der Waals surface area contributed by atoms with Crippen LogP contribution in [0.2, 0.25) is 0 Å². The highest BCUT2D eigenvalue weighted by Gasteiger charge is 2.31. The Kier molecular flexibility index (Phi) is 91.2. The molecule has 0 bridgehead atoms. The molecule has 0 aromatic heterocycles. The molecule has 0 fully saturated rings. The van der Waals surface area contributed by atoms with E-state index < -0.39 is 97.5 Å². The maximum atomic E-state index is 13.2. The molecule has 0 aliphatic rings. The third-order valence-corrected chi connectivity index (χ3v) is 25.5. The molecule has 3 N–H and O–H groups in total. The van der Waals surface area contributed by atoms with E-state index in [1.807, 2.05) is 0 Å². The normalized spacial score (nSPS) is 13.5. The van der Waals surface area contributed by atoms with Gasteiger partial charge in [-0.3, -0.25) is 37.3 Å². The summed E-state index contributed by atoms with van der Waals surface area (Å²) in [5.41, 5.74) is 0. The summed E-state index contributed by atoms with van der Waals surface area (Å²) in [5, 5.41) is 10.7. The topological polar surface area (TPSA) is 237 Å². The SMILES string of the molecule is CCCCCCCCCCCCCCCCCCCCCCCCC(=O)OC[C@H](COP(=O)(O)OC[C@@H](O)COP(=O)(O)OC[C@@H](COC(=O)CCCCCCCCCCCCCC)OC(=O)CCCCCCCCCCCCCCCCCCCCCCCC)OC(=O)CCCCCCCCCCCCCCCCCCCCCCCC. The third kappa shape index (κ3) is 91.7. The average molecular weight is 1720 g/mol. The van der Waals surface area contributed by atoms with E-state index in [2.05, 4.69) is 27.7 Å². The number of phosphoric acid groups is 2. The minimum absolute atomic E-state index is 0.110. The summed E-state index contributed by atoms with van der Waals surface area (Å²) in [6, 6.07) is 0. The number of hydrogen-bond donors (Lipinski definition) is 3. The van der Waals surface area contributed by atoms with Crippen LogP contribution in [-0.2, 0) is 65.4 Å². The van der Waals surface area contributed by atoms with Crippen LogP contribution in [-0.4, -0.2) is 96.7 Å². The molecule has 702 valence electrons. The van der Waals surface area contributed by atoms with Crippen LogP contribution in [0.4, 0.5) is 0 Å². The average Bonchev–Trinajstić information content (AvgIpc) is 0.903. The fraction of sp³-hybridized carbons (Fsp3) is 0.960. The molecule has 0 aromatic carbocycles. The van der Waals surface area contributed by atoms with Crippen molar-refractivity contribution in [1.29, 1.82) is 0 Å². The summed E-state index contributed by atoms with van der Waals surface area (Å²) in [6.45, 7) is 5.12. The van der Waals surface area contributed by atoms with E-state index in [9.17, 15) is 43.2 Å². The molecule has 118 heavy (non-hydrogen) atoms. The largest absolute Gasteiger partial charge is 0.472 e. The monoisotopic (exact) mass is 1720 g/mol. The van der Waals surface area contributed by atoms with Crippen molar-refractivity contribution in [2.75, 3.05) is 39.6 Å². The Labute approximate surface area is 728 Å². The third-order valence-electron chi connectivity index (χ3n) is 23.6. The molecule has 5 atom stereocenters. The zero-order valence-corrected chi connectivity index (χ0v) is 79.7. The number of aliphatic hydroxyl groups excluding tert-OH is 1. The van der Waals surface area contributed by atoms with Gasteiger partial charge in [0.1, 0.15) is 19.3 Å². The molecule has 0 radical (unpaired) electrons. The van der Waals surface area contributed by atoms with Crippen LogP contribution in [0.3, 0.4) is 0 Å². The van der Waals surface area contributed by atoms with Gasteiger partial charge in [0.05, 0.1) is 26.4 Å².